The number of allylic oxidation sites excluding steroid dienone is 1. The van der Waals surface area contributed by atoms with E-state index in [2.05, 4.69) is 11.0 Å². The summed E-state index contributed by atoms with van der Waals surface area (Å²) >= 11 is 12.7. The summed E-state index contributed by atoms with van der Waals surface area (Å²) in [6.45, 7) is 6.13. The van der Waals surface area contributed by atoms with Crippen molar-refractivity contribution in [3.8, 4) is 11.8 Å². The average Bonchev–Trinajstić information content (AvgIpc) is 2.75. The molecule has 31 heavy (non-hydrogen) atoms. The summed E-state index contributed by atoms with van der Waals surface area (Å²) < 4.78 is 12.8. The van der Waals surface area contributed by atoms with E-state index in [0.717, 1.165) is 25.3 Å². The number of benzene rings is 1. The SMILES string of the molecule is Cc1cc2c(c(=O)n1CCN1CCOCC1)[C@@H](c1cccc(Cl)c1Cl)C(C#N)=C(N)O2. The van der Waals surface area contributed by atoms with Gasteiger partial charge >= 0.3 is 0 Å². The van der Waals surface area contributed by atoms with Crippen molar-refractivity contribution in [2.45, 2.75) is 19.4 Å². The molecule has 1 aromatic carbocycles. The summed E-state index contributed by atoms with van der Waals surface area (Å²) in [5.74, 6) is -0.466. The van der Waals surface area contributed by atoms with Gasteiger partial charge in [-0.1, -0.05) is 35.3 Å². The Kier molecular flexibility index (Phi) is 6.26. The Bertz CT molecular complexity index is 1150. The van der Waals surface area contributed by atoms with Gasteiger partial charge in [-0.2, -0.15) is 5.26 Å². The van der Waals surface area contributed by atoms with E-state index in [1.54, 1.807) is 28.8 Å². The molecule has 0 saturated carbocycles. The zero-order valence-corrected chi connectivity index (χ0v) is 18.5. The van der Waals surface area contributed by atoms with Gasteiger partial charge in [-0.3, -0.25) is 9.69 Å². The third-order valence-electron chi connectivity index (χ3n) is 5.73. The Hall–Kier alpha value is -2.50. The summed E-state index contributed by atoms with van der Waals surface area (Å²) in [6.07, 6.45) is 0. The van der Waals surface area contributed by atoms with E-state index >= 15 is 0 Å². The van der Waals surface area contributed by atoms with Crippen LogP contribution in [0.25, 0.3) is 0 Å². The van der Waals surface area contributed by atoms with Gasteiger partial charge in [0.25, 0.3) is 5.56 Å². The minimum Gasteiger partial charge on any atom is -0.440 e. The molecule has 0 bridgehead atoms. The Labute approximate surface area is 190 Å². The van der Waals surface area contributed by atoms with Gasteiger partial charge in [0.05, 0.1) is 34.7 Å². The van der Waals surface area contributed by atoms with Crippen LogP contribution in [0.4, 0.5) is 0 Å². The number of aromatic nitrogens is 1. The zero-order valence-electron chi connectivity index (χ0n) is 17.0. The molecule has 2 aliphatic heterocycles. The lowest BCUT2D eigenvalue weighted by atomic mass is 9.84. The summed E-state index contributed by atoms with van der Waals surface area (Å²) in [5.41, 5.74) is 7.58. The van der Waals surface area contributed by atoms with Crippen LogP contribution in [0.3, 0.4) is 0 Å². The van der Waals surface area contributed by atoms with Crippen molar-refractivity contribution in [3.63, 3.8) is 0 Å². The fourth-order valence-corrected chi connectivity index (χ4v) is 4.50. The number of rotatable bonds is 4. The molecule has 0 aliphatic carbocycles. The van der Waals surface area contributed by atoms with E-state index in [4.69, 9.17) is 38.4 Å². The second-order valence-electron chi connectivity index (χ2n) is 7.54. The van der Waals surface area contributed by atoms with Crippen LogP contribution in [0, 0.1) is 18.3 Å². The van der Waals surface area contributed by atoms with Crippen molar-refractivity contribution in [2.24, 2.45) is 5.73 Å². The largest absolute Gasteiger partial charge is 0.440 e. The lowest BCUT2D eigenvalue weighted by Crippen LogP contribution is -2.40. The van der Waals surface area contributed by atoms with Crippen LogP contribution >= 0.6 is 23.2 Å². The lowest BCUT2D eigenvalue weighted by Gasteiger charge is -2.29. The Morgan fingerprint density at radius 3 is 2.71 bits per heavy atom. The Morgan fingerprint density at radius 1 is 1.26 bits per heavy atom. The molecule has 0 unspecified atom stereocenters. The summed E-state index contributed by atoms with van der Waals surface area (Å²) in [6, 6.07) is 9.01. The summed E-state index contributed by atoms with van der Waals surface area (Å²) in [5, 5.41) is 10.4. The van der Waals surface area contributed by atoms with Crippen molar-refractivity contribution in [2.75, 3.05) is 32.8 Å². The van der Waals surface area contributed by atoms with Gasteiger partial charge in [-0.25, -0.2) is 0 Å². The van der Waals surface area contributed by atoms with Gasteiger partial charge in [-0.05, 0) is 18.6 Å². The quantitative estimate of drug-likeness (QED) is 0.753. The van der Waals surface area contributed by atoms with Crippen LogP contribution in [0.2, 0.25) is 10.0 Å². The first-order chi connectivity index (χ1) is 14.9. The lowest BCUT2D eigenvalue weighted by molar-refractivity contribution is 0.0362. The second-order valence-corrected chi connectivity index (χ2v) is 8.33. The first-order valence-corrected chi connectivity index (χ1v) is 10.7. The maximum atomic E-state index is 13.6. The van der Waals surface area contributed by atoms with Crippen molar-refractivity contribution >= 4 is 23.2 Å². The molecule has 1 aromatic heterocycles. The molecule has 7 nitrogen and oxygen atoms in total. The van der Waals surface area contributed by atoms with E-state index in [1.165, 1.54) is 0 Å². The Morgan fingerprint density at radius 2 is 2.00 bits per heavy atom. The van der Waals surface area contributed by atoms with Gasteiger partial charge in [0.1, 0.15) is 17.4 Å². The third kappa shape index (κ3) is 4.04. The highest BCUT2D eigenvalue weighted by atomic mass is 35.5. The van der Waals surface area contributed by atoms with E-state index in [1.807, 2.05) is 6.92 Å². The molecule has 1 fully saturated rings. The van der Waals surface area contributed by atoms with Crippen LogP contribution in [0.15, 0.2) is 40.5 Å². The van der Waals surface area contributed by atoms with E-state index in [0.29, 0.717) is 41.7 Å². The van der Waals surface area contributed by atoms with Crippen LogP contribution < -0.4 is 16.0 Å². The molecule has 0 spiro atoms. The van der Waals surface area contributed by atoms with E-state index < -0.39 is 5.92 Å². The molecule has 1 atom stereocenters. The van der Waals surface area contributed by atoms with Gasteiger partial charge in [0.15, 0.2) is 0 Å². The van der Waals surface area contributed by atoms with Crippen LogP contribution in [0.1, 0.15) is 22.7 Å². The number of halogens is 2. The number of nitriles is 1. The molecule has 3 heterocycles. The molecule has 1 saturated heterocycles. The van der Waals surface area contributed by atoms with Crippen LogP contribution in [-0.4, -0.2) is 42.3 Å². The van der Waals surface area contributed by atoms with Crippen LogP contribution in [-0.2, 0) is 11.3 Å². The number of nitrogens with two attached hydrogens (primary N) is 1. The first kappa shape index (κ1) is 21.7. The number of hydrogen-bond acceptors (Lipinski definition) is 6. The smallest absolute Gasteiger partial charge is 0.258 e. The number of fused-ring (bicyclic) bond motifs is 1. The highest BCUT2D eigenvalue weighted by Crippen LogP contribution is 2.44. The predicted molar refractivity (Wildman–Crippen MR) is 118 cm³/mol. The van der Waals surface area contributed by atoms with E-state index in [9.17, 15) is 10.1 Å². The minimum atomic E-state index is -0.761. The zero-order chi connectivity index (χ0) is 22.1. The van der Waals surface area contributed by atoms with Gasteiger partial charge in [0, 0.05) is 37.9 Å². The molecule has 4 rings (SSSR count). The minimum absolute atomic E-state index is 0.0408. The highest BCUT2D eigenvalue weighted by molar-refractivity contribution is 6.42. The maximum absolute atomic E-state index is 13.6. The molecule has 9 heteroatoms. The van der Waals surface area contributed by atoms with Crippen molar-refractivity contribution in [3.05, 3.63) is 72.9 Å². The Balaban J connectivity index is 1.82. The van der Waals surface area contributed by atoms with Gasteiger partial charge in [-0.15, -0.1) is 0 Å². The fraction of sp³-hybridized carbons (Fsp3) is 0.364. The molecule has 162 valence electrons. The monoisotopic (exact) mass is 460 g/mol. The van der Waals surface area contributed by atoms with Gasteiger partial charge < -0.3 is 19.8 Å². The summed E-state index contributed by atoms with van der Waals surface area (Å²) in [7, 11) is 0. The standard InChI is InChI=1S/C22H22Cl2N4O3/c1-13-11-17-19(22(29)28(13)6-5-27-7-9-30-10-8-27)18(15(12-25)21(26)31-17)14-3-2-4-16(23)20(14)24/h2-4,11,18H,5-10,26H2,1H3/t18-/m0/s1. The number of ether oxygens (including phenoxy) is 2. The highest BCUT2D eigenvalue weighted by Gasteiger charge is 2.35. The van der Waals surface area contributed by atoms with Crippen LogP contribution in [0.5, 0.6) is 5.75 Å². The molecular formula is C22H22Cl2N4O3. The second kappa shape index (κ2) is 8.93. The molecule has 0 amide bonds. The van der Waals surface area contributed by atoms with Crippen molar-refractivity contribution in [1.29, 1.82) is 5.26 Å². The molecular weight excluding hydrogens is 439 g/mol. The first-order valence-electron chi connectivity index (χ1n) is 9.98. The van der Waals surface area contributed by atoms with E-state index in [-0.39, 0.29) is 22.0 Å². The number of pyridine rings is 1. The molecule has 2 aliphatic rings. The molecule has 2 aromatic rings. The van der Waals surface area contributed by atoms with Crippen molar-refractivity contribution < 1.29 is 9.47 Å². The molecule has 0 radical (unpaired) electrons. The number of morpholine rings is 1. The maximum Gasteiger partial charge on any atom is 0.258 e. The fourth-order valence-electron chi connectivity index (χ4n) is 4.08. The average molecular weight is 461 g/mol. The summed E-state index contributed by atoms with van der Waals surface area (Å²) in [4.78, 5) is 15.9. The normalized spacial score (nSPS) is 19.0. The van der Waals surface area contributed by atoms with Crippen molar-refractivity contribution in [1.82, 2.24) is 9.47 Å². The van der Waals surface area contributed by atoms with Gasteiger partial charge in [0.2, 0.25) is 5.88 Å². The molecule has 2 N–H and O–H groups in total. The predicted octanol–water partition coefficient (Wildman–Crippen LogP) is 3.01. The third-order valence-corrected chi connectivity index (χ3v) is 6.56. The number of nitrogens with zero attached hydrogens (tertiary/aromatic N) is 3. The number of hydrogen-bond donors (Lipinski definition) is 1. The topological polar surface area (TPSA) is 93.5 Å². The number of aryl methyl sites for hydroxylation is 1.